The molecule has 1 saturated carbocycles. The molecule has 0 aliphatic heterocycles. The van der Waals surface area contributed by atoms with Crippen LogP contribution in [-0.2, 0) is 10.4 Å². The molecule has 0 spiro atoms. The molecule has 142 valence electrons. The molecule has 5 nitrogen and oxygen atoms in total. The van der Waals surface area contributed by atoms with Crippen molar-refractivity contribution in [1.82, 2.24) is 15.2 Å². The van der Waals surface area contributed by atoms with E-state index in [-0.39, 0.29) is 12.1 Å². The van der Waals surface area contributed by atoms with Crippen molar-refractivity contribution in [3.05, 3.63) is 16.1 Å². The molecular formula is C16H24F3N3O2S. The predicted octanol–water partition coefficient (Wildman–Crippen LogP) is 2.58. The molecule has 1 aromatic heterocycles. The molecule has 25 heavy (non-hydrogen) atoms. The van der Waals surface area contributed by atoms with Crippen molar-refractivity contribution < 1.29 is 23.1 Å². The Labute approximate surface area is 149 Å². The first-order chi connectivity index (χ1) is 11.5. The van der Waals surface area contributed by atoms with E-state index in [1.807, 2.05) is 19.0 Å². The molecule has 2 N–H and O–H groups in total. The molecule has 0 bridgehead atoms. The molecular weight excluding hydrogens is 355 g/mol. The lowest BCUT2D eigenvalue weighted by molar-refractivity contribution is -0.267. The number of amides is 1. The molecule has 9 heteroatoms. The maximum absolute atomic E-state index is 13.4. The van der Waals surface area contributed by atoms with Gasteiger partial charge in [0, 0.05) is 23.2 Å². The summed E-state index contributed by atoms with van der Waals surface area (Å²) >= 11 is 0.704. The van der Waals surface area contributed by atoms with Crippen molar-refractivity contribution in [2.24, 2.45) is 0 Å². The van der Waals surface area contributed by atoms with Crippen molar-refractivity contribution in [2.75, 3.05) is 20.6 Å². The van der Waals surface area contributed by atoms with Crippen LogP contribution in [0, 0.1) is 6.92 Å². The number of nitrogens with zero attached hydrogens (tertiary/aromatic N) is 2. The minimum Gasteiger partial charge on any atom is -0.374 e. The predicted molar refractivity (Wildman–Crippen MR) is 89.3 cm³/mol. The summed E-state index contributed by atoms with van der Waals surface area (Å²) in [5, 5.41) is 13.7. The Bertz CT molecular complexity index is 612. The van der Waals surface area contributed by atoms with E-state index in [0.29, 0.717) is 17.0 Å². The Morgan fingerprint density at radius 3 is 2.44 bits per heavy atom. The Morgan fingerprint density at radius 1 is 1.40 bits per heavy atom. The molecule has 0 aromatic carbocycles. The number of halogens is 3. The number of likely N-dealkylation sites (N-methyl/N-ethyl adjacent to an activating group) is 1. The second-order valence-corrected chi connectivity index (χ2v) is 7.79. The quantitative estimate of drug-likeness (QED) is 0.797. The first kappa shape index (κ1) is 20.1. The molecule has 1 fully saturated rings. The van der Waals surface area contributed by atoms with Crippen molar-refractivity contribution in [2.45, 2.75) is 56.3 Å². The third-order valence-corrected chi connectivity index (χ3v) is 6.07. The van der Waals surface area contributed by atoms with Crippen LogP contribution in [0.15, 0.2) is 5.38 Å². The average molecular weight is 379 g/mol. The highest BCUT2D eigenvalue weighted by Crippen LogP contribution is 2.43. The van der Waals surface area contributed by atoms with E-state index in [2.05, 4.69) is 10.3 Å². The van der Waals surface area contributed by atoms with Crippen molar-refractivity contribution in [1.29, 1.82) is 0 Å². The second-order valence-electron chi connectivity index (χ2n) is 6.93. The van der Waals surface area contributed by atoms with Gasteiger partial charge in [0.2, 0.25) is 11.5 Å². The number of thiazole rings is 1. The third-order valence-electron chi connectivity index (χ3n) is 4.96. The average Bonchev–Trinajstić information content (AvgIpc) is 3.13. The molecule has 1 aliphatic carbocycles. The van der Waals surface area contributed by atoms with Crippen LogP contribution < -0.4 is 5.32 Å². The summed E-state index contributed by atoms with van der Waals surface area (Å²) in [5.74, 6) is -0.833. The van der Waals surface area contributed by atoms with E-state index in [4.69, 9.17) is 0 Å². The second kappa shape index (κ2) is 7.20. The third kappa shape index (κ3) is 4.15. The number of carbonyl (C=O) groups is 1. The smallest absolute Gasteiger partial charge is 0.374 e. The summed E-state index contributed by atoms with van der Waals surface area (Å²) in [7, 11) is 3.81. The fourth-order valence-corrected chi connectivity index (χ4v) is 4.13. The molecule has 0 saturated heterocycles. The number of nitrogens with one attached hydrogen (secondary N) is 1. The van der Waals surface area contributed by atoms with Crippen LogP contribution in [0.5, 0.6) is 0 Å². The lowest BCUT2D eigenvalue weighted by atomic mass is 9.95. The molecule has 1 amide bonds. The zero-order valence-corrected chi connectivity index (χ0v) is 15.4. The molecule has 1 atom stereocenters. The molecule has 1 heterocycles. The van der Waals surface area contributed by atoms with E-state index in [9.17, 15) is 23.1 Å². The van der Waals surface area contributed by atoms with Gasteiger partial charge in [-0.05, 0) is 33.9 Å². The summed E-state index contributed by atoms with van der Waals surface area (Å²) in [4.78, 5) is 18.0. The zero-order valence-electron chi connectivity index (χ0n) is 14.6. The van der Waals surface area contributed by atoms with Crippen LogP contribution in [0.25, 0.3) is 0 Å². The van der Waals surface area contributed by atoms with Crippen LogP contribution in [0.4, 0.5) is 13.2 Å². The van der Waals surface area contributed by atoms with Gasteiger partial charge < -0.3 is 15.3 Å². The topological polar surface area (TPSA) is 65.5 Å². The van der Waals surface area contributed by atoms with Gasteiger partial charge in [0.1, 0.15) is 5.01 Å². The Morgan fingerprint density at radius 2 is 2.00 bits per heavy atom. The minimum absolute atomic E-state index is 0.232. The van der Waals surface area contributed by atoms with Crippen LogP contribution >= 0.6 is 11.3 Å². The van der Waals surface area contributed by atoms with E-state index >= 15 is 0 Å². The van der Waals surface area contributed by atoms with Gasteiger partial charge in [-0.15, -0.1) is 11.3 Å². The summed E-state index contributed by atoms with van der Waals surface area (Å²) in [5.41, 5.74) is -3.12. The Hall–Kier alpha value is -1.19. The fourth-order valence-electron chi connectivity index (χ4n) is 3.21. The summed E-state index contributed by atoms with van der Waals surface area (Å²) in [6, 6.07) is 0. The Kier molecular flexibility index (Phi) is 5.80. The van der Waals surface area contributed by atoms with Crippen LogP contribution in [0.2, 0.25) is 0 Å². The molecule has 1 unspecified atom stereocenters. The standard InChI is InChI=1S/C16H24F3N3O2S/c1-11-9-25-13(21-11)15(24,16(17,18)19)8-12(23)20-10-14(22(2)3)6-4-5-7-14/h9,24H,4-8,10H2,1-3H3,(H,20,23). The lowest BCUT2D eigenvalue weighted by Gasteiger charge is -2.37. The highest BCUT2D eigenvalue weighted by molar-refractivity contribution is 7.09. The summed E-state index contributed by atoms with van der Waals surface area (Å²) in [6.07, 6.45) is -2.25. The number of aliphatic hydroxyl groups is 1. The molecule has 1 aliphatic rings. The van der Waals surface area contributed by atoms with Gasteiger partial charge in [0.15, 0.2) is 0 Å². The largest absolute Gasteiger partial charge is 0.424 e. The van der Waals surface area contributed by atoms with E-state index < -0.39 is 29.1 Å². The van der Waals surface area contributed by atoms with Gasteiger partial charge in [-0.2, -0.15) is 13.2 Å². The van der Waals surface area contributed by atoms with Crippen molar-refractivity contribution in [3.8, 4) is 0 Å². The first-order valence-electron chi connectivity index (χ1n) is 8.16. The van der Waals surface area contributed by atoms with Gasteiger partial charge in [-0.3, -0.25) is 4.79 Å². The number of alkyl halides is 3. The molecule has 0 radical (unpaired) electrons. The fraction of sp³-hybridized carbons (Fsp3) is 0.750. The van der Waals surface area contributed by atoms with E-state index in [1.54, 1.807) is 0 Å². The molecule has 2 rings (SSSR count). The van der Waals surface area contributed by atoms with E-state index in [0.717, 1.165) is 25.7 Å². The van der Waals surface area contributed by atoms with Crippen LogP contribution in [0.1, 0.15) is 42.8 Å². The van der Waals surface area contributed by atoms with Gasteiger partial charge in [-0.1, -0.05) is 12.8 Å². The number of aromatic nitrogens is 1. The minimum atomic E-state index is -4.98. The van der Waals surface area contributed by atoms with Crippen LogP contribution in [-0.4, -0.2) is 53.3 Å². The number of aryl methyl sites for hydroxylation is 1. The number of hydrogen-bond donors (Lipinski definition) is 2. The SMILES string of the molecule is Cc1csc(C(O)(CC(=O)NCC2(N(C)C)CCCC2)C(F)(F)F)n1. The zero-order chi connectivity index (χ0) is 18.9. The van der Waals surface area contributed by atoms with E-state index in [1.165, 1.54) is 12.3 Å². The molecule has 1 aromatic rings. The summed E-state index contributed by atoms with van der Waals surface area (Å²) in [6.45, 7) is 1.81. The lowest BCUT2D eigenvalue weighted by Crippen LogP contribution is -2.52. The number of hydrogen-bond acceptors (Lipinski definition) is 5. The number of rotatable bonds is 6. The van der Waals surface area contributed by atoms with Gasteiger partial charge in [-0.25, -0.2) is 4.98 Å². The van der Waals surface area contributed by atoms with Gasteiger partial charge in [0.25, 0.3) is 0 Å². The van der Waals surface area contributed by atoms with Gasteiger partial charge >= 0.3 is 6.18 Å². The van der Waals surface area contributed by atoms with Crippen molar-refractivity contribution >= 4 is 17.2 Å². The highest BCUT2D eigenvalue weighted by Gasteiger charge is 2.58. The Balaban J connectivity index is 2.10. The highest BCUT2D eigenvalue weighted by atomic mass is 32.1. The van der Waals surface area contributed by atoms with Gasteiger partial charge in [0.05, 0.1) is 6.42 Å². The summed E-state index contributed by atoms with van der Waals surface area (Å²) < 4.78 is 40.3. The maximum Gasteiger partial charge on any atom is 0.424 e. The monoisotopic (exact) mass is 379 g/mol. The normalized spacial score (nSPS) is 19.8. The van der Waals surface area contributed by atoms with Crippen molar-refractivity contribution in [3.63, 3.8) is 0 Å². The maximum atomic E-state index is 13.4. The first-order valence-corrected chi connectivity index (χ1v) is 9.04. The van der Waals surface area contributed by atoms with Crippen LogP contribution in [0.3, 0.4) is 0 Å². The number of carbonyl (C=O) groups excluding carboxylic acids is 1.